The smallest absolute Gasteiger partial charge is 0.0755 e. The summed E-state index contributed by atoms with van der Waals surface area (Å²) in [5, 5.41) is 3.70. The lowest BCUT2D eigenvalue weighted by Crippen LogP contribution is -2.44. The summed E-state index contributed by atoms with van der Waals surface area (Å²) >= 11 is 0. The van der Waals surface area contributed by atoms with E-state index >= 15 is 0 Å². The van der Waals surface area contributed by atoms with Gasteiger partial charge in [-0.2, -0.15) is 0 Å². The molecule has 2 atom stereocenters. The molecule has 20 heavy (non-hydrogen) atoms. The van der Waals surface area contributed by atoms with Crippen LogP contribution >= 0.6 is 0 Å². The molecule has 2 unspecified atom stereocenters. The number of ether oxygens (including phenoxy) is 1. The Hall–Kier alpha value is -0.860. The first-order chi connectivity index (χ1) is 9.63. The second-order valence-electron chi connectivity index (χ2n) is 6.30. The zero-order valence-corrected chi connectivity index (χ0v) is 13.4. The van der Waals surface area contributed by atoms with Crippen LogP contribution in [-0.2, 0) is 11.2 Å². The van der Waals surface area contributed by atoms with E-state index in [1.54, 1.807) is 0 Å². The quantitative estimate of drug-likeness (QED) is 0.782. The van der Waals surface area contributed by atoms with Crippen LogP contribution < -0.4 is 5.32 Å². The molecule has 0 spiro atoms. The molecule has 1 aliphatic carbocycles. The highest BCUT2D eigenvalue weighted by molar-refractivity contribution is 5.29. The van der Waals surface area contributed by atoms with Gasteiger partial charge in [0, 0.05) is 13.2 Å². The summed E-state index contributed by atoms with van der Waals surface area (Å²) in [6.07, 6.45) is 5.26. The van der Waals surface area contributed by atoms with Crippen LogP contribution in [-0.4, -0.2) is 25.8 Å². The predicted molar refractivity (Wildman–Crippen MR) is 85.2 cm³/mol. The number of methoxy groups -OCH3 is 1. The molecule has 0 bridgehead atoms. The van der Waals surface area contributed by atoms with Gasteiger partial charge in [0.05, 0.1) is 6.10 Å². The Balaban J connectivity index is 2.09. The molecule has 1 saturated carbocycles. The maximum absolute atomic E-state index is 5.80. The minimum atomic E-state index is 0.363. The van der Waals surface area contributed by atoms with Crippen molar-refractivity contribution in [2.45, 2.75) is 58.6 Å². The van der Waals surface area contributed by atoms with Crippen LogP contribution in [0.1, 0.15) is 42.9 Å². The first-order valence-electron chi connectivity index (χ1n) is 7.97. The molecule has 0 radical (unpaired) electrons. The molecule has 0 amide bonds. The van der Waals surface area contributed by atoms with Gasteiger partial charge in [-0.25, -0.2) is 0 Å². The van der Waals surface area contributed by atoms with Gasteiger partial charge >= 0.3 is 0 Å². The molecule has 0 aliphatic heterocycles. The molecule has 2 heteroatoms. The third-order valence-electron chi connectivity index (χ3n) is 4.15. The summed E-state index contributed by atoms with van der Waals surface area (Å²) in [5.41, 5.74) is 4.14. The number of benzene rings is 1. The van der Waals surface area contributed by atoms with Crippen molar-refractivity contribution >= 4 is 0 Å². The fraction of sp³-hybridized carbons (Fsp3) is 0.667. The molecule has 0 saturated heterocycles. The minimum Gasteiger partial charge on any atom is -0.380 e. The molecule has 1 aliphatic rings. The summed E-state index contributed by atoms with van der Waals surface area (Å²) in [4.78, 5) is 0. The number of nitrogens with one attached hydrogen (secondary N) is 1. The van der Waals surface area contributed by atoms with Gasteiger partial charge in [-0.3, -0.25) is 0 Å². The van der Waals surface area contributed by atoms with Crippen LogP contribution in [0.25, 0.3) is 0 Å². The van der Waals surface area contributed by atoms with E-state index in [1.807, 2.05) is 7.11 Å². The van der Waals surface area contributed by atoms with E-state index < -0.39 is 0 Å². The summed E-state index contributed by atoms with van der Waals surface area (Å²) in [5.74, 6) is 0.764. The van der Waals surface area contributed by atoms with Gasteiger partial charge in [0.25, 0.3) is 0 Å². The van der Waals surface area contributed by atoms with Crippen LogP contribution in [0.4, 0.5) is 0 Å². The molecule has 0 heterocycles. The molecule has 2 rings (SSSR count). The molecular weight excluding hydrogens is 246 g/mol. The average molecular weight is 275 g/mol. The summed E-state index contributed by atoms with van der Waals surface area (Å²) in [7, 11) is 1.87. The van der Waals surface area contributed by atoms with E-state index in [9.17, 15) is 0 Å². The second kappa shape index (κ2) is 7.24. The topological polar surface area (TPSA) is 21.3 Å². The summed E-state index contributed by atoms with van der Waals surface area (Å²) in [6.45, 7) is 7.65. The van der Waals surface area contributed by atoms with Gasteiger partial charge in [-0.05, 0) is 57.6 Å². The molecule has 112 valence electrons. The van der Waals surface area contributed by atoms with Crippen molar-refractivity contribution < 1.29 is 4.74 Å². The molecule has 1 fully saturated rings. The second-order valence-corrected chi connectivity index (χ2v) is 6.30. The molecule has 2 nitrogen and oxygen atoms in total. The highest BCUT2D eigenvalue weighted by atomic mass is 16.5. The standard InChI is InChI=1S/C18H29NO/c1-5-8-19-17(18(20-4)16-6-7-16)12-15-10-13(2)9-14(3)11-15/h9-11,16-19H,5-8,12H2,1-4H3. The fourth-order valence-electron chi connectivity index (χ4n) is 3.18. The highest BCUT2D eigenvalue weighted by Crippen LogP contribution is 2.36. The van der Waals surface area contributed by atoms with Crippen molar-refractivity contribution in [2.75, 3.05) is 13.7 Å². The number of hydrogen-bond donors (Lipinski definition) is 1. The Kier molecular flexibility index (Phi) is 5.62. The maximum atomic E-state index is 5.80. The monoisotopic (exact) mass is 275 g/mol. The SMILES string of the molecule is CCCNC(Cc1cc(C)cc(C)c1)C(OC)C1CC1. The lowest BCUT2D eigenvalue weighted by Gasteiger charge is -2.27. The third kappa shape index (κ3) is 4.32. The average Bonchev–Trinajstić information content (AvgIpc) is 3.20. The van der Waals surface area contributed by atoms with Gasteiger partial charge in [-0.15, -0.1) is 0 Å². The lowest BCUT2D eigenvalue weighted by atomic mass is 9.96. The lowest BCUT2D eigenvalue weighted by molar-refractivity contribution is 0.0511. The Morgan fingerprint density at radius 1 is 1.20 bits per heavy atom. The Bertz CT molecular complexity index is 405. The van der Waals surface area contributed by atoms with Crippen LogP contribution in [0, 0.1) is 19.8 Å². The Labute approximate surface area is 123 Å². The van der Waals surface area contributed by atoms with E-state index in [2.05, 4.69) is 44.3 Å². The zero-order valence-electron chi connectivity index (χ0n) is 13.4. The Morgan fingerprint density at radius 2 is 1.85 bits per heavy atom. The number of rotatable bonds is 8. The van der Waals surface area contributed by atoms with Crippen molar-refractivity contribution in [1.29, 1.82) is 0 Å². The van der Waals surface area contributed by atoms with Crippen LogP contribution in [0.5, 0.6) is 0 Å². The van der Waals surface area contributed by atoms with Crippen molar-refractivity contribution in [3.05, 3.63) is 34.9 Å². The molecule has 1 aromatic carbocycles. The fourth-order valence-corrected chi connectivity index (χ4v) is 3.18. The van der Waals surface area contributed by atoms with Crippen LogP contribution in [0.15, 0.2) is 18.2 Å². The van der Waals surface area contributed by atoms with E-state index in [4.69, 9.17) is 4.74 Å². The molecule has 1 N–H and O–H groups in total. The van der Waals surface area contributed by atoms with E-state index in [1.165, 1.54) is 36.0 Å². The molecule has 0 aromatic heterocycles. The van der Waals surface area contributed by atoms with Crippen molar-refractivity contribution in [1.82, 2.24) is 5.32 Å². The Morgan fingerprint density at radius 3 is 2.35 bits per heavy atom. The van der Waals surface area contributed by atoms with Crippen molar-refractivity contribution in [3.63, 3.8) is 0 Å². The van der Waals surface area contributed by atoms with E-state index in [0.717, 1.165) is 18.9 Å². The molecule has 1 aromatic rings. The third-order valence-corrected chi connectivity index (χ3v) is 4.15. The van der Waals surface area contributed by atoms with Gasteiger partial charge in [0.1, 0.15) is 0 Å². The number of aryl methyl sites for hydroxylation is 2. The first kappa shape index (κ1) is 15.5. The summed E-state index contributed by atoms with van der Waals surface area (Å²) < 4.78 is 5.80. The van der Waals surface area contributed by atoms with Gasteiger partial charge < -0.3 is 10.1 Å². The minimum absolute atomic E-state index is 0.363. The van der Waals surface area contributed by atoms with Crippen LogP contribution in [0.2, 0.25) is 0 Å². The largest absolute Gasteiger partial charge is 0.380 e. The maximum Gasteiger partial charge on any atom is 0.0755 e. The summed E-state index contributed by atoms with van der Waals surface area (Å²) in [6, 6.07) is 7.31. The van der Waals surface area contributed by atoms with E-state index in [-0.39, 0.29) is 0 Å². The number of hydrogen-bond acceptors (Lipinski definition) is 2. The van der Waals surface area contributed by atoms with Gasteiger partial charge in [0.2, 0.25) is 0 Å². The van der Waals surface area contributed by atoms with Crippen molar-refractivity contribution in [2.24, 2.45) is 5.92 Å². The van der Waals surface area contributed by atoms with Gasteiger partial charge in [-0.1, -0.05) is 36.2 Å². The van der Waals surface area contributed by atoms with Crippen molar-refractivity contribution in [3.8, 4) is 0 Å². The molecular formula is C18H29NO. The van der Waals surface area contributed by atoms with Gasteiger partial charge in [0.15, 0.2) is 0 Å². The van der Waals surface area contributed by atoms with E-state index in [0.29, 0.717) is 12.1 Å². The van der Waals surface area contributed by atoms with Crippen LogP contribution in [0.3, 0.4) is 0 Å². The predicted octanol–water partition coefficient (Wildman–Crippen LogP) is 3.64. The first-order valence-corrected chi connectivity index (χ1v) is 7.97. The normalized spacial score (nSPS) is 18.0. The highest BCUT2D eigenvalue weighted by Gasteiger charge is 2.36. The zero-order chi connectivity index (χ0) is 14.5.